The Morgan fingerprint density at radius 1 is 0.509 bits per heavy atom. The quantitative estimate of drug-likeness (QED) is 0.0399. The molecule has 0 atom stereocenters. The highest BCUT2D eigenvalue weighted by atomic mass is 16.5. The highest BCUT2D eigenvalue weighted by Gasteiger charge is 2.12. The van der Waals surface area contributed by atoms with E-state index in [1.54, 1.807) is 12.1 Å². The molecule has 0 heterocycles. The van der Waals surface area contributed by atoms with Crippen molar-refractivity contribution >= 4 is 5.97 Å². The molecular formula is C51H78O4. The van der Waals surface area contributed by atoms with Crippen molar-refractivity contribution in [3.8, 4) is 35.7 Å². The number of hydrogen-bond acceptors (Lipinski definition) is 4. The summed E-state index contributed by atoms with van der Waals surface area (Å²) in [5.74, 6) is 9.75. The first-order chi connectivity index (χ1) is 27.2. The van der Waals surface area contributed by atoms with E-state index in [-0.39, 0.29) is 6.61 Å². The van der Waals surface area contributed by atoms with Crippen LogP contribution in [0.4, 0.5) is 0 Å². The highest BCUT2D eigenvalue weighted by Crippen LogP contribution is 2.25. The monoisotopic (exact) mass is 755 g/mol. The van der Waals surface area contributed by atoms with E-state index in [1.165, 1.54) is 154 Å². The van der Waals surface area contributed by atoms with Gasteiger partial charge in [0, 0.05) is 23.6 Å². The molecule has 0 bridgehead atoms. The number of ether oxygens (including phenoxy) is 3. The predicted molar refractivity (Wildman–Crippen MR) is 234 cm³/mol. The lowest BCUT2D eigenvalue weighted by atomic mass is 10.0. The van der Waals surface area contributed by atoms with Gasteiger partial charge in [0.15, 0.2) is 0 Å². The predicted octanol–water partition coefficient (Wildman–Crippen LogP) is 15.0. The number of hydrogen-bond donors (Lipinski definition) is 0. The van der Waals surface area contributed by atoms with E-state index in [2.05, 4.69) is 31.6 Å². The third-order valence-electron chi connectivity index (χ3n) is 10.4. The van der Waals surface area contributed by atoms with Crippen LogP contribution >= 0.6 is 0 Å². The van der Waals surface area contributed by atoms with Crippen molar-refractivity contribution < 1.29 is 19.0 Å². The number of rotatable bonds is 35. The van der Waals surface area contributed by atoms with Crippen LogP contribution in [0.15, 0.2) is 42.5 Å². The van der Waals surface area contributed by atoms with Gasteiger partial charge in [0.05, 0.1) is 18.8 Å². The zero-order valence-corrected chi connectivity index (χ0v) is 35.4. The lowest BCUT2D eigenvalue weighted by Gasteiger charge is -2.12. The minimum Gasteiger partial charge on any atom is -0.493 e. The van der Waals surface area contributed by atoms with E-state index >= 15 is 0 Å². The summed E-state index contributed by atoms with van der Waals surface area (Å²) < 4.78 is 17.9. The van der Waals surface area contributed by atoms with Crippen LogP contribution in [0.25, 0.3) is 0 Å². The van der Waals surface area contributed by atoms with E-state index in [4.69, 9.17) is 20.6 Å². The molecule has 0 amide bonds. The molecule has 0 aliphatic rings. The normalized spacial score (nSPS) is 10.8. The van der Waals surface area contributed by atoms with Crippen LogP contribution in [0, 0.1) is 24.2 Å². The summed E-state index contributed by atoms with van der Waals surface area (Å²) in [6.45, 7) is 6.02. The van der Waals surface area contributed by atoms with Crippen LogP contribution in [-0.4, -0.2) is 25.8 Å². The van der Waals surface area contributed by atoms with Gasteiger partial charge in [-0.25, -0.2) is 4.79 Å². The Kier molecular flexibility index (Phi) is 30.5. The van der Waals surface area contributed by atoms with Crippen LogP contribution in [-0.2, 0) is 4.74 Å². The number of unbranched alkanes of at least 4 members (excludes halogenated alkanes) is 26. The minimum absolute atomic E-state index is 0.198. The molecule has 2 aromatic carbocycles. The van der Waals surface area contributed by atoms with E-state index < -0.39 is 5.97 Å². The van der Waals surface area contributed by atoms with Gasteiger partial charge < -0.3 is 14.2 Å². The maximum absolute atomic E-state index is 13.1. The summed E-state index contributed by atoms with van der Waals surface area (Å²) in [5, 5.41) is 0. The Bertz CT molecular complexity index is 1280. The van der Waals surface area contributed by atoms with Crippen LogP contribution in [0.1, 0.15) is 222 Å². The van der Waals surface area contributed by atoms with Gasteiger partial charge in [0.2, 0.25) is 0 Å². The van der Waals surface area contributed by atoms with Crippen molar-refractivity contribution in [1.82, 2.24) is 0 Å². The second-order valence-electron chi connectivity index (χ2n) is 15.5. The van der Waals surface area contributed by atoms with Crippen LogP contribution in [0.5, 0.6) is 11.5 Å². The third-order valence-corrected chi connectivity index (χ3v) is 10.4. The number of carbonyl (C=O) groups excluding carboxylic acids is 1. The topological polar surface area (TPSA) is 44.8 Å². The van der Waals surface area contributed by atoms with E-state index in [9.17, 15) is 4.79 Å². The first kappa shape index (κ1) is 47.8. The molecule has 0 fully saturated rings. The van der Waals surface area contributed by atoms with Crippen LogP contribution in [0.3, 0.4) is 0 Å². The molecule has 2 aromatic rings. The number of terminal acetylenes is 1. The van der Waals surface area contributed by atoms with Crippen molar-refractivity contribution in [1.29, 1.82) is 0 Å². The second kappa shape index (κ2) is 35.1. The van der Waals surface area contributed by atoms with Gasteiger partial charge in [-0.1, -0.05) is 211 Å². The van der Waals surface area contributed by atoms with Gasteiger partial charge in [-0.3, -0.25) is 0 Å². The summed E-state index contributed by atoms with van der Waals surface area (Å²) in [5.41, 5.74) is 2.01. The fourth-order valence-electron chi connectivity index (χ4n) is 6.98. The third kappa shape index (κ3) is 26.2. The van der Waals surface area contributed by atoms with Crippen molar-refractivity contribution in [3.05, 3.63) is 59.2 Å². The molecule has 4 nitrogen and oxygen atoms in total. The maximum Gasteiger partial charge on any atom is 0.338 e. The van der Waals surface area contributed by atoms with Gasteiger partial charge in [-0.05, 0) is 37.1 Å². The Morgan fingerprint density at radius 2 is 0.891 bits per heavy atom. The van der Waals surface area contributed by atoms with Gasteiger partial charge >= 0.3 is 5.97 Å². The summed E-state index contributed by atoms with van der Waals surface area (Å²) in [6, 6.07) is 13.1. The molecule has 0 aromatic heterocycles. The second-order valence-corrected chi connectivity index (χ2v) is 15.5. The number of benzene rings is 2. The van der Waals surface area contributed by atoms with Crippen molar-refractivity contribution in [2.24, 2.45) is 0 Å². The molecule has 4 heteroatoms. The Morgan fingerprint density at radius 3 is 1.29 bits per heavy atom. The fourth-order valence-corrected chi connectivity index (χ4v) is 6.98. The average molecular weight is 755 g/mol. The van der Waals surface area contributed by atoms with Crippen molar-refractivity contribution in [2.45, 2.75) is 200 Å². The summed E-state index contributed by atoms with van der Waals surface area (Å²) >= 11 is 0. The molecule has 0 N–H and O–H groups in total. The molecule has 0 radical (unpaired) electrons. The molecule has 0 spiro atoms. The minimum atomic E-state index is -0.394. The molecule has 55 heavy (non-hydrogen) atoms. The first-order valence-corrected chi connectivity index (χ1v) is 22.8. The molecule has 0 aliphatic carbocycles. The lowest BCUT2D eigenvalue weighted by Crippen LogP contribution is -2.08. The Balaban J connectivity index is 1.72. The molecule has 0 saturated heterocycles. The average Bonchev–Trinajstić information content (AvgIpc) is 3.20. The fraction of sp³-hybridized carbons (Fsp3) is 0.667. The molecule has 0 unspecified atom stereocenters. The van der Waals surface area contributed by atoms with E-state index in [1.807, 2.05) is 30.3 Å². The smallest absolute Gasteiger partial charge is 0.338 e. The first-order valence-electron chi connectivity index (χ1n) is 22.8. The number of esters is 1. The zero-order valence-electron chi connectivity index (χ0n) is 35.4. The molecule has 2 rings (SSSR count). The molecule has 0 saturated carbocycles. The van der Waals surface area contributed by atoms with Gasteiger partial charge in [-0.15, -0.1) is 6.42 Å². The SMILES string of the molecule is C#Cc1ccccc1C#CCCOC(=O)c1cc(OCCCCCCCCCCCCCCCC)cc(OCCCCCCCCCCCCCCCC)c1. The summed E-state index contributed by atoms with van der Waals surface area (Å²) in [7, 11) is 0. The van der Waals surface area contributed by atoms with Gasteiger partial charge in [0.1, 0.15) is 18.1 Å². The Labute approximate surface area is 338 Å². The van der Waals surface area contributed by atoms with Crippen LogP contribution in [0.2, 0.25) is 0 Å². The van der Waals surface area contributed by atoms with Gasteiger partial charge in [0.25, 0.3) is 0 Å². The van der Waals surface area contributed by atoms with Crippen molar-refractivity contribution in [2.75, 3.05) is 19.8 Å². The largest absolute Gasteiger partial charge is 0.493 e. The van der Waals surface area contributed by atoms with E-state index in [0.29, 0.717) is 36.7 Å². The van der Waals surface area contributed by atoms with Gasteiger partial charge in [-0.2, -0.15) is 0 Å². The molecule has 306 valence electrons. The summed E-state index contributed by atoms with van der Waals surface area (Å²) in [4.78, 5) is 13.1. The molecule has 0 aliphatic heterocycles. The van der Waals surface area contributed by atoms with E-state index in [0.717, 1.165) is 36.8 Å². The van der Waals surface area contributed by atoms with Crippen LogP contribution < -0.4 is 9.47 Å². The standard InChI is InChI=1S/C51H78O4/c1-4-7-9-11-13-15-17-19-21-23-25-27-29-34-40-53-49-43-48(51(52)55-42-36-33-39-47-38-32-31-37-46(47)6-3)44-50(45-49)54-41-35-30-28-26-24-22-20-18-16-14-12-10-8-5-2/h3,31-32,37-38,43-45H,4-5,7-30,34-36,40-42H2,1-2H3. The lowest BCUT2D eigenvalue weighted by molar-refractivity contribution is 0.0512. The zero-order chi connectivity index (χ0) is 39.3. The highest BCUT2D eigenvalue weighted by molar-refractivity contribution is 5.90. The summed E-state index contributed by atoms with van der Waals surface area (Å²) in [6.07, 6.45) is 43.1. The molecular weight excluding hydrogens is 677 g/mol. The maximum atomic E-state index is 13.1. The van der Waals surface area contributed by atoms with Crippen molar-refractivity contribution in [3.63, 3.8) is 0 Å². The Hall–Kier alpha value is -3.37. The number of carbonyl (C=O) groups is 1.